The molecule has 1 aromatic heterocycles. The summed E-state index contributed by atoms with van der Waals surface area (Å²) in [5.74, 6) is 0.178. The van der Waals surface area contributed by atoms with E-state index in [0.29, 0.717) is 0 Å². The Kier molecular flexibility index (Phi) is 12.4. The summed E-state index contributed by atoms with van der Waals surface area (Å²) in [6.07, 6.45) is 23.7. The van der Waals surface area contributed by atoms with E-state index < -0.39 is 0 Å². The summed E-state index contributed by atoms with van der Waals surface area (Å²) in [6, 6.07) is 43.3. The molecule has 7 rings (SSSR count). The minimum Gasteiger partial charge on any atom is -0.355 e. The number of hydrogen-bond acceptors (Lipinski definition) is 2. The molecule has 0 saturated heterocycles. The lowest BCUT2D eigenvalue weighted by Gasteiger charge is -2.23. The Bertz CT molecular complexity index is 2720. The summed E-state index contributed by atoms with van der Waals surface area (Å²) < 4.78 is 2.38. The molecule has 286 valence electrons. The molecular formula is C55H51N3. The largest absolute Gasteiger partial charge is 0.355 e. The van der Waals surface area contributed by atoms with E-state index in [9.17, 15) is 0 Å². The van der Waals surface area contributed by atoms with Crippen LogP contribution in [0.3, 0.4) is 0 Å². The van der Waals surface area contributed by atoms with E-state index >= 15 is 0 Å². The smallest absolute Gasteiger partial charge is 0.0671 e. The maximum Gasteiger partial charge on any atom is 0.0671 e. The zero-order valence-corrected chi connectivity index (χ0v) is 34.0. The lowest BCUT2D eigenvalue weighted by molar-refractivity contribution is 0.811. The molecule has 0 fully saturated rings. The first kappa shape index (κ1) is 39.3. The van der Waals surface area contributed by atoms with Crippen molar-refractivity contribution in [3.05, 3.63) is 224 Å². The van der Waals surface area contributed by atoms with Crippen LogP contribution in [0.1, 0.15) is 39.7 Å². The molecule has 0 amide bonds. The number of nitrogens with zero attached hydrogens (tertiary/aromatic N) is 2. The number of aliphatic imine (C=N–C) groups is 1. The third-order valence-corrected chi connectivity index (χ3v) is 10.7. The van der Waals surface area contributed by atoms with Crippen molar-refractivity contribution in [2.24, 2.45) is 10.9 Å². The van der Waals surface area contributed by atoms with Crippen LogP contribution in [0, 0.1) is 5.92 Å². The van der Waals surface area contributed by atoms with Crippen LogP contribution in [0.4, 0.5) is 5.69 Å². The van der Waals surface area contributed by atoms with Crippen LogP contribution in [0.25, 0.3) is 55.5 Å². The van der Waals surface area contributed by atoms with Gasteiger partial charge in [0.15, 0.2) is 0 Å². The van der Waals surface area contributed by atoms with Gasteiger partial charge >= 0.3 is 0 Å². The number of anilines is 1. The highest BCUT2D eigenvalue weighted by atomic mass is 15.0. The summed E-state index contributed by atoms with van der Waals surface area (Å²) in [6.45, 7) is 16.5. The topological polar surface area (TPSA) is 29.3 Å². The fraction of sp³-hybridized carbons (Fsp3) is 0.109. The Morgan fingerprint density at radius 3 is 2.12 bits per heavy atom. The number of para-hydroxylation sites is 1. The van der Waals surface area contributed by atoms with E-state index in [1.54, 1.807) is 6.08 Å². The lowest BCUT2D eigenvalue weighted by Crippen LogP contribution is -2.14. The van der Waals surface area contributed by atoms with Crippen molar-refractivity contribution in [3.63, 3.8) is 0 Å². The monoisotopic (exact) mass is 753 g/mol. The fourth-order valence-corrected chi connectivity index (χ4v) is 7.65. The second-order valence-electron chi connectivity index (χ2n) is 14.5. The van der Waals surface area contributed by atoms with Gasteiger partial charge in [0.25, 0.3) is 0 Å². The highest BCUT2D eigenvalue weighted by Gasteiger charge is 2.21. The molecule has 5 aromatic carbocycles. The summed E-state index contributed by atoms with van der Waals surface area (Å²) in [5, 5.41) is 6.13. The van der Waals surface area contributed by atoms with Gasteiger partial charge in [-0.1, -0.05) is 165 Å². The van der Waals surface area contributed by atoms with Gasteiger partial charge in [-0.25, -0.2) is 0 Å². The predicted molar refractivity (Wildman–Crippen MR) is 254 cm³/mol. The van der Waals surface area contributed by atoms with Gasteiger partial charge in [0.1, 0.15) is 0 Å². The second kappa shape index (κ2) is 18.3. The van der Waals surface area contributed by atoms with Crippen molar-refractivity contribution in [2.45, 2.75) is 34.1 Å². The molecule has 0 saturated carbocycles. The third-order valence-electron chi connectivity index (χ3n) is 10.7. The Balaban J connectivity index is 1.27. The van der Waals surface area contributed by atoms with Gasteiger partial charge in [0.05, 0.1) is 16.7 Å². The Hall–Kier alpha value is -6.97. The van der Waals surface area contributed by atoms with E-state index in [1.807, 2.05) is 38.1 Å². The van der Waals surface area contributed by atoms with E-state index in [1.165, 1.54) is 27.4 Å². The molecule has 1 aliphatic rings. The third kappa shape index (κ3) is 8.55. The van der Waals surface area contributed by atoms with Crippen LogP contribution in [0.5, 0.6) is 0 Å². The second-order valence-corrected chi connectivity index (χ2v) is 14.5. The maximum atomic E-state index is 5.22. The number of hydrogen-bond donors (Lipinski definition) is 1. The molecule has 1 N–H and O–H groups in total. The summed E-state index contributed by atoms with van der Waals surface area (Å²) in [4.78, 5) is 5.22. The van der Waals surface area contributed by atoms with E-state index in [4.69, 9.17) is 4.99 Å². The molecule has 3 heteroatoms. The van der Waals surface area contributed by atoms with Gasteiger partial charge in [-0.3, -0.25) is 4.99 Å². The number of allylic oxidation sites excluding steroid dienone is 14. The zero-order chi connectivity index (χ0) is 40.4. The van der Waals surface area contributed by atoms with Gasteiger partial charge in [0, 0.05) is 51.5 Å². The van der Waals surface area contributed by atoms with Gasteiger partial charge in [0.2, 0.25) is 0 Å². The van der Waals surface area contributed by atoms with E-state index in [-0.39, 0.29) is 5.92 Å². The Morgan fingerprint density at radius 2 is 1.40 bits per heavy atom. The van der Waals surface area contributed by atoms with E-state index in [2.05, 4.69) is 195 Å². The number of rotatable bonds is 13. The molecule has 1 unspecified atom stereocenters. The first-order valence-electron chi connectivity index (χ1n) is 20.0. The van der Waals surface area contributed by atoms with Crippen molar-refractivity contribution in [2.75, 3.05) is 5.32 Å². The average Bonchev–Trinajstić information content (AvgIpc) is 3.61. The molecule has 6 aromatic rings. The Morgan fingerprint density at radius 1 is 0.707 bits per heavy atom. The number of benzene rings is 5. The highest BCUT2D eigenvalue weighted by molar-refractivity contribution is 6.11. The summed E-state index contributed by atoms with van der Waals surface area (Å²) in [5.41, 5.74) is 15.7. The zero-order valence-electron chi connectivity index (χ0n) is 34.0. The van der Waals surface area contributed by atoms with Crippen molar-refractivity contribution < 1.29 is 0 Å². The highest BCUT2D eigenvalue weighted by Crippen LogP contribution is 2.38. The molecule has 58 heavy (non-hydrogen) atoms. The molecule has 2 heterocycles. The summed E-state index contributed by atoms with van der Waals surface area (Å²) >= 11 is 0. The first-order valence-corrected chi connectivity index (χ1v) is 20.0. The van der Waals surface area contributed by atoms with Crippen molar-refractivity contribution >= 4 is 44.6 Å². The molecule has 1 aliphatic heterocycles. The number of nitrogens with one attached hydrogen (secondary N) is 1. The summed E-state index contributed by atoms with van der Waals surface area (Å²) in [7, 11) is 0. The van der Waals surface area contributed by atoms with Gasteiger partial charge < -0.3 is 9.88 Å². The van der Waals surface area contributed by atoms with Crippen LogP contribution in [-0.2, 0) is 0 Å². The van der Waals surface area contributed by atoms with Gasteiger partial charge in [-0.05, 0) is 97.5 Å². The van der Waals surface area contributed by atoms with Gasteiger partial charge in [-0.15, -0.1) is 0 Å². The van der Waals surface area contributed by atoms with Crippen LogP contribution in [-0.4, -0.2) is 10.3 Å². The van der Waals surface area contributed by atoms with Gasteiger partial charge in [-0.2, -0.15) is 0 Å². The number of fused-ring (bicyclic) bond motifs is 3. The lowest BCUT2D eigenvalue weighted by atomic mass is 9.86. The maximum absolute atomic E-state index is 5.22. The SMILES string of the molecule is C=C/C=C\C(=C/C)Nc1cc(-c2ccc3c(c2)c2ccccc2n3/C(C)=C/C=C(\C)C2=NC(c3ccccc3)=CC(/C(C=C)=C/C=C\C)C2)ccc1-c1ccccc1. The Labute approximate surface area is 344 Å². The minimum atomic E-state index is 0.178. The molecule has 0 bridgehead atoms. The van der Waals surface area contributed by atoms with Crippen LogP contribution in [0.2, 0.25) is 0 Å². The van der Waals surface area contributed by atoms with E-state index in [0.717, 1.165) is 68.3 Å². The molecule has 1 atom stereocenters. The van der Waals surface area contributed by atoms with Crippen LogP contribution < -0.4 is 5.32 Å². The van der Waals surface area contributed by atoms with Crippen molar-refractivity contribution in [1.82, 2.24) is 4.57 Å². The average molecular weight is 754 g/mol. The molecular weight excluding hydrogens is 703 g/mol. The van der Waals surface area contributed by atoms with Crippen LogP contribution >= 0.6 is 0 Å². The quantitative estimate of drug-likeness (QED) is 0.117. The first-order chi connectivity index (χ1) is 28.4. The standard InChI is InChI=1S/C55H51N3/c1-7-11-21-41(9-3)46-37-51(57-52(38-46)43-24-17-14-18-25-43)39(5)29-30-40(6)58-54-28-20-19-27-49(54)50-35-44(32-34-55(50)58)45-31-33-48(42-22-15-13-16-23-42)53(36-45)56-47(10-4)26-12-8-2/h7-36,38,46,56H,2-3,37H2,1,4-6H3/b11-7-,26-12-,39-29+,40-30+,41-21+,47-10+. The predicted octanol–water partition coefficient (Wildman–Crippen LogP) is 15.2. The molecule has 3 nitrogen and oxygen atoms in total. The number of aromatic nitrogens is 1. The normalized spacial score (nSPS) is 15.6. The van der Waals surface area contributed by atoms with Crippen molar-refractivity contribution in [1.29, 1.82) is 0 Å². The minimum absolute atomic E-state index is 0.178. The molecule has 0 aliphatic carbocycles. The van der Waals surface area contributed by atoms with Crippen LogP contribution in [0.15, 0.2) is 223 Å². The fourth-order valence-electron chi connectivity index (χ4n) is 7.65. The van der Waals surface area contributed by atoms with Crippen molar-refractivity contribution in [3.8, 4) is 22.3 Å². The molecule has 0 spiro atoms. The molecule has 0 radical (unpaired) electrons.